The van der Waals surface area contributed by atoms with E-state index >= 15 is 0 Å². The first kappa shape index (κ1) is 27.6. The number of hydrogen-bond donors (Lipinski definition) is 0. The van der Waals surface area contributed by atoms with Crippen molar-refractivity contribution in [3.8, 4) is 0 Å². The molecule has 0 atom stereocenters. The van der Waals surface area contributed by atoms with Crippen molar-refractivity contribution in [2.75, 3.05) is 0 Å². The van der Waals surface area contributed by atoms with E-state index in [1.165, 1.54) is 44.8 Å². The Balaban J connectivity index is 3.90. The molecule has 0 saturated carbocycles. The third-order valence-electron chi connectivity index (χ3n) is 0.725. The molecule has 0 bridgehead atoms. The van der Waals surface area contributed by atoms with Crippen molar-refractivity contribution in [2.45, 2.75) is 0 Å². The molecule has 0 nitrogen and oxygen atoms in total. The van der Waals surface area contributed by atoms with Gasteiger partial charge in [0.2, 0.25) is 0 Å². The van der Waals surface area contributed by atoms with Gasteiger partial charge in [-0.1, -0.05) is 8.53 Å². The van der Waals surface area contributed by atoms with Gasteiger partial charge >= 0.3 is 106 Å². The number of rotatable bonds is 9. The summed E-state index contributed by atoms with van der Waals surface area (Å²) in [5.41, 5.74) is 0. The van der Waals surface area contributed by atoms with E-state index in [9.17, 15) is 0 Å². The zero-order valence-electron chi connectivity index (χ0n) is 9.44. The van der Waals surface area contributed by atoms with Crippen LogP contribution in [-0.2, 0) is 0 Å². The maximum absolute atomic E-state index is 4.18. The molecule has 0 amide bonds. The molecule has 0 aromatic carbocycles. The average Bonchev–Trinajstić information content (AvgIpc) is 2.50. The van der Waals surface area contributed by atoms with Crippen LogP contribution in [0.5, 0.6) is 0 Å². The summed E-state index contributed by atoms with van der Waals surface area (Å²) in [7, 11) is 35.4. The Kier molecular flexibility index (Phi) is 34.9. The minimum absolute atomic E-state index is 1.21. The van der Waals surface area contributed by atoms with Crippen LogP contribution < -0.4 is 0 Å². The summed E-state index contributed by atoms with van der Waals surface area (Å²) in [5, 5.41) is 0. The molecule has 0 N–H and O–H groups in total. The third-order valence-corrected chi connectivity index (χ3v) is 58.7. The first-order valence-corrected chi connectivity index (χ1v) is 36.2. The van der Waals surface area contributed by atoms with E-state index in [1.54, 1.807) is 98.2 Å². The molecule has 21 heteroatoms. The van der Waals surface area contributed by atoms with E-state index in [0.717, 1.165) is 0 Å². The Morgan fingerprint density at radius 2 is 0.619 bits per heavy atom. The molecule has 106 valence electrons. The van der Waals surface area contributed by atoms with Crippen molar-refractivity contribution in [3.05, 3.63) is 0 Å². The molecule has 0 unspecified atom stereocenters. The van der Waals surface area contributed by atoms with Crippen LogP contribution in [0.1, 0.15) is 0 Å². The van der Waals surface area contributed by atoms with Crippen LogP contribution in [-0.4, -0.2) is 0 Å². The van der Waals surface area contributed by atoms with Crippen molar-refractivity contribution in [2.24, 2.45) is 0 Å². The molecule has 0 fully saturated rings. The van der Waals surface area contributed by atoms with Crippen LogP contribution in [0.3, 0.4) is 0 Å². The van der Waals surface area contributed by atoms with Crippen molar-refractivity contribution in [3.63, 3.8) is 0 Å². The van der Waals surface area contributed by atoms with Gasteiger partial charge in [0.1, 0.15) is 0 Å². The van der Waals surface area contributed by atoms with E-state index in [4.69, 9.17) is 0 Å². The summed E-state index contributed by atoms with van der Waals surface area (Å²) in [6.45, 7) is 1.21. The standard InChI is InChI=1S/HP21/c1-3-5-7-9-11-13-15-17-19-21-20-18-16-14-12-10-8-6-4-2/h1H. The van der Waals surface area contributed by atoms with Gasteiger partial charge in [-0.25, -0.2) is 0 Å². The summed E-state index contributed by atoms with van der Waals surface area (Å²) in [5.74, 6) is 0. The van der Waals surface area contributed by atoms with Gasteiger partial charge in [-0.05, 0) is 45.3 Å². The average molecular weight is 651 g/mol. The molecule has 0 aromatic rings. The summed E-state index contributed by atoms with van der Waals surface area (Å²) in [6, 6.07) is 0. The second-order valence-corrected chi connectivity index (χ2v) is 46.2. The Labute approximate surface area is 158 Å². The van der Waals surface area contributed by atoms with Crippen LogP contribution in [0.25, 0.3) is 0 Å². The molecular weight excluding hydrogens is 650 g/mol. The van der Waals surface area contributed by atoms with E-state index in [0.29, 0.717) is 0 Å². The Bertz CT molecular complexity index is 580. The fraction of sp³-hybridized carbons (Fsp3) is 0. The topological polar surface area (TPSA) is 0 Å². The van der Waals surface area contributed by atoms with Gasteiger partial charge in [0, 0.05) is 0 Å². The zero-order chi connectivity index (χ0) is 15.4. The molecule has 0 heterocycles. The Hall–Kier alpha value is 6.56. The maximum atomic E-state index is 4.18. The van der Waals surface area contributed by atoms with Crippen LogP contribution in [0.15, 0.2) is 0 Å². The molecule has 0 aromatic heterocycles. The normalized spacial score (nSPS) is 14.2. The van der Waals surface area contributed by atoms with Crippen molar-refractivity contribution in [1.82, 2.24) is 0 Å². The molecule has 0 rings (SSSR count). The fourth-order valence-electron chi connectivity index (χ4n) is 0.306. The molecule has 0 aliphatic heterocycles. The van der Waals surface area contributed by atoms with Gasteiger partial charge in [0.25, 0.3) is 0 Å². The molecule has 0 radical (unpaired) electrons. The predicted octanol–water partition coefficient (Wildman–Crippen LogP) is 17.8. The Morgan fingerprint density at radius 1 is 0.381 bits per heavy atom. The van der Waals surface area contributed by atoms with Crippen LogP contribution in [0.2, 0.25) is 0 Å². The minimum atomic E-state index is 1.21. The molecule has 0 aliphatic rings. The monoisotopic (exact) mass is 651 g/mol. The smallest absolute Gasteiger partial charge is 0.0835 e. The van der Waals surface area contributed by atoms with E-state index in [1.807, 2.05) is 0 Å². The first-order valence-electron chi connectivity index (χ1n) is 4.02. The summed E-state index contributed by atoms with van der Waals surface area (Å²) in [6.07, 6.45) is 0. The minimum Gasteiger partial charge on any atom is -0.0835 e. The van der Waals surface area contributed by atoms with Gasteiger partial charge in [0.05, 0.1) is 0 Å². The third kappa shape index (κ3) is 26.6. The van der Waals surface area contributed by atoms with Gasteiger partial charge in [-0.15, -0.1) is 0 Å². The summed E-state index contributed by atoms with van der Waals surface area (Å²) >= 11 is 0. The fourth-order valence-corrected chi connectivity index (χ4v) is 74.4. The van der Waals surface area contributed by atoms with Crippen LogP contribution >= 0.6 is 160 Å². The summed E-state index contributed by atoms with van der Waals surface area (Å²) in [4.78, 5) is 0. The molecule has 21 heavy (non-hydrogen) atoms. The second kappa shape index (κ2) is 26.6. The van der Waals surface area contributed by atoms with E-state index in [-0.39, 0.29) is 0 Å². The van der Waals surface area contributed by atoms with Crippen LogP contribution in [0, 0.1) is 0 Å². The van der Waals surface area contributed by atoms with Crippen molar-refractivity contribution >= 4 is 160 Å². The SMILES string of the molecule is P#P=PP=PP=PP=PP=PP=PP=PP=PP=PP=P. The zero-order valence-corrected chi connectivity index (χ0v) is 28.3. The molecule has 0 aliphatic carbocycles. The van der Waals surface area contributed by atoms with Gasteiger partial charge in [-0.3, -0.25) is 0 Å². The van der Waals surface area contributed by atoms with Crippen molar-refractivity contribution in [1.29, 1.82) is 0 Å². The quantitative estimate of drug-likeness (QED) is 0.218. The van der Waals surface area contributed by atoms with Crippen LogP contribution in [0.4, 0.5) is 0 Å². The molecule has 0 saturated heterocycles. The molecular formula is HP21. The second-order valence-electron chi connectivity index (χ2n) is 1.71. The summed E-state index contributed by atoms with van der Waals surface area (Å²) < 4.78 is 0. The van der Waals surface area contributed by atoms with Gasteiger partial charge in [-0.2, -0.15) is 0 Å². The van der Waals surface area contributed by atoms with E-state index < -0.39 is 0 Å². The molecule has 0 spiro atoms. The van der Waals surface area contributed by atoms with Crippen molar-refractivity contribution < 1.29 is 0 Å². The first-order chi connectivity index (χ1) is 10.4. The Morgan fingerprint density at radius 3 is 0.857 bits per heavy atom. The van der Waals surface area contributed by atoms with E-state index in [2.05, 4.69) is 16.9 Å². The predicted molar refractivity (Wildman–Crippen MR) is 147 cm³/mol. The van der Waals surface area contributed by atoms with Gasteiger partial charge < -0.3 is 0 Å². The van der Waals surface area contributed by atoms with Gasteiger partial charge in [0.15, 0.2) is 0 Å². The number of hydrogen-bond acceptors (Lipinski definition) is 0.